The number of carboxylic acids is 1. The van der Waals surface area contributed by atoms with Crippen LogP contribution in [0, 0.1) is 6.92 Å². The van der Waals surface area contributed by atoms with Crippen LogP contribution in [-0.2, 0) is 11.2 Å². The predicted octanol–water partition coefficient (Wildman–Crippen LogP) is 1.56. The second-order valence-corrected chi connectivity index (χ2v) is 4.92. The smallest absolute Gasteiger partial charge is 0.320 e. The maximum absolute atomic E-state index is 10.6. The van der Waals surface area contributed by atoms with E-state index in [1.807, 2.05) is 25.1 Å². The summed E-state index contributed by atoms with van der Waals surface area (Å²) < 4.78 is 1.08. The van der Waals surface area contributed by atoms with Crippen molar-refractivity contribution in [2.75, 3.05) is 0 Å². The third-order valence-corrected chi connectivity index (χ3v) is 3.27. The number of benzene rings is 1. The highest BCUT2D eigenvalue weighted by Gasteiger charge is 2.12. The minimum Gasteiger partial charge on any atom is -0.480 e. The average Bonchev–Trinajstić information content (AvgIpc) is 2.57. The van der Waals surface area contributed by atoms with E-state index in [0.717, 1.165) is 20.8 Å². The van der Waals surface area contributed by atoms with Crippen LogP contribution in [0.5, 0.6) is 0 Å². The highest BCUT2D eigenvalue weighted by atomic mass is 32.1. The number of nitrogens with zero attached hydrogens (tertiary/aromatic N) is 1. The normalized spacial score (nSPS) is 12.9. The summed E-state index contributed by atoms with van der Waals surface area (Å²) in [5.41, 5.74) is 7.38. The number of aliphatic carboxylic acids is 1. The van der Waals surface area contributed by atoms with Crippen LogP contribution in [0.15, 0.2) is 18.2 Å². The van der Waals surface area contributed by atoms with Gasteiger partial charge in [-0.2, -0.15) is 0 Å². The maximum Gasteiger partial charge on any atom is 0.320 e. The van der Waals surface area contributed by atoms with Crippen molar-refractivity contribution >= 4 is 27.5 Å². The van der Waals surface area contributed by atoms with E-state index in [9.17, 15) is 4.79 Å². The Morgan fingerprint density at radius 1 is 1.62 bits per heavy atom. The Morgan fingerprint density at radius 3 is 3.06 bits per heavy atom. The zero-order chi connectivity index (χ0) is 11.7. The molecule has 4 nitrogen and oxygen atoms in total. The third kappa shape index (κ3) is 2.20. The van der Waals surface area contributed by atoms with E-state index in [-0.39, 0.29) is 0 Å². The first-order chi connectivity index (χ1) is 7.56. The van der Waals surface area contributed by atoms with Gasteiger partial charge in [0.1, 0.15) is 6.04 Å². The van der Waals surface area contributed by atoms with Gasteiger partial charge in [-0.1, -0.05) is 6.07 Å². The average molecular weight is 236 g/mol. The molecule has 1 heterocycles. The van der Waals surface area contributed by atoms with Gasteiger partial charge in [-0.15, -0.1) is 11.3 Å². The summed E-state index contributed by atoms with van der Waals surface area (Å²) in [5.74, 6) is -0.972. The molecule has 84 valence electrons. The molecular weight excluding hydrogens is 224 g/mol. The van der Waals surface area contributed by atoms with Crippen LogP contribution in [0.4, 0.5) is 0 Å². The van der Waals surface area contributed by atoms with E-state index in [1.165, 1.54) is 0 Å². The lowest BCUT2D eigenvalue weighted by molar-refractivity contribution is -0.138. The molecule has 0 radical (unpaired) electrons. The molecule has 2 rings (SSSR count). The fraction of sp³-hybridized carbons (Fsp3) is 0.273. The van der Waals surface area contributed by atoms with Crippen LogP contribution in [0.2, 0.25) is 0 Å². The molecule has 0 fully saturated rings. The van der Waals surface area contributed by atoms with Crippen LogP contribution in [0.1, 0.15) is 10.6 Å². The van der Waals surface area contributed by atoms with Gasteiger partial charge in [0.05, 0.1) is 15.2 Å². The van der Waals surface area contributed by atoms with Crippen LogP contribution in [0.3, 0.4) is 0 Å². The number of carbonyl (C=O) groups is 1. The summed E-state index contributed by atoms with van der Waals surface area (Å²) in [5, 5.41) is 9.73. The molecule has 0 spiro atoms. The number of nitrogens with two attached hydrogens (primary N) is 1. The quantitative estimate of drug-likeness (QED) is 0.848. The number of hydrogen-bond donors (Lipinski definition) is 2. The molecule has 0 saturated carbocycles. The van der Waals surface area contributed by atoms with Crippen LogP contribution in [0.25, 0.3) is 10.2 Å². The molecule has 0 saturated heterocycles. The molecule has 0 amide bonds. The van der Waals surface area contributed by atoms with Crippen molar-refractivity contribution in [3.8, 4) is 0 Å². The van der Waals surface area contributed by atoms with E-state index in [2.05, 4.69) is 4.98 Å². The number of rotatable bonds is 3. The first-order valence-corrected chi connectivity index (χ1v) is 5.72. The summed E-state index contributed by atoms with van der Waals surface area (Å²) in [7, 11) is 0. The predicted molar refractivity (Wildman–Crippen MR) is 63.7 cm³/mol. The van der Waals surface area contributed by atoms with Crippen molar-refractivity contribution in [3.05, 3.63) is 28.8 Å². The monoisotopic (exact) mass is 236 g/mol. The lowest BCUT2D eigenvalue weighted by Gasteiger charge is -2.05. The fourth-order valence-corrected chi connectivity index (χ4v) is 2.44. The molecule has 1 aromatic carbocycles. The molecule has 0 aliphatic rings. The Morgan fingerprint density at radius 2 is 2.38 bits per heavy atom. The molecule has 1 aromatic heterocycles. The van der Waals surface area contributed by atoms with E-state index >= 15 is 0 Å². The topological polar surface area (TPSA) is 76.2 Å². The molecule has 0 aliphatic carbocycles. The SMILES string of the molecule is Cc1nc2ccc(CC(N)C(=O)O)cc2s1. The number of hydrogen-bond acceptors (Lipinski definition) is 4. The maximum atomic E-state index is 10.6. The molecule has 0 aliphatic heterocycles. The Hall–Kier alpha value is -1.46. The molecule has 3 N–H and O–H groups in total. The molecular formula is C11H12N2O2S. The van der Waals surface area contributed by atoms with Gasteiger partial charge >= 0.3 is 5.97 Å². The lowest BCUT2D eigenvalue weighted by atomic mass is 10.1. The van der Waals surface area contributed by atoms with Crippen LogP contribution in [-0.4, -0.2) is 22.1 Å². The van der Waals surface area contributed by atoms with Crippen molar-refractivity contribution in [2.24, 2.45) is 5.73 Å². The molecule has 0 bridgehead atoms. The summed E-state index contributed by atoms with van der Waals surface area (Å²) >= 11 is 1.60. The molecule has 5 heteroatoms. The van der Waals surface area contributed by atoms with E-state index in [0.29, 0.717) is 6.42 Å². The van der Waals surface area contributed by atoms with E-state index < -0.39 is 12.0 Å². The Labute approximate surface area is 96.7 Å². The van der Waals surface area contributed by atoms with E-state index in [1.54, 1.807) is 11.3 Å². The fourth-order valence-electron chi connectivity index (χ4n) is 1.55. The van der Waals surface area contributed by atoms with Gasteiger partial charge in [0.15, 0.2) is 0 Å². The van der Waals surface area contributed by atoms with Gasteiger partial charge in [0, 0.05) is 0 Å². The van der Waals surface area contributed by atoms with Crippen molar-refractivity contribution in [1.29, 1.82) is 0 Å². The summed E-state index contributed by atoms with van der Waals surface area (Å²) in [4.78, 5) is 15.0. The number of thiazole rings is 1. The first-order valence-electron chi connectivity index (χ1n) is 4.91. The van der Waals surface area contributed by atoms with E-state index in [4.69, 9.17) is 10.8 Å². The molecule has 2 aromatic rings. The van der Waals surface area contributed by atoms with Gasteiger partial charge in [-0.25, -0.2) is 4.98 Å². The van der Waals surface area contributed by atoms with Crippen LogP contribution < -0.4 is 5.73 Å². The van der Waals surface area contributed by atoms with Crippen molar-refractivity contribution in [1.82, 2.24) is 4.98 Å². The van der Waals surface area contributed by atoms with Crippen molar-refractivity contribution < 1.29 is 9.90 Å². The largest absolute Gasteiger partial charge is 0.480 e. The molecule has 16 heavy (non-hydrogen) atoms. The Bertz CT molecular complexity index is 536. The zero-order valence-corrected chi connectivity index (χ0v) is 9.62. The summed E-state index contributed by atoms with van der Waals surface area (Å²) in [6.45, 7) is 1.95. The molecule has 1 atom stereocenters. The highest BCUT2D eigenvalue weighted by molar-refractivity contribution is 7.18. The summed E-state index contributed by atoms with van der Waals surface area (Å²) in [6.07, 6.45) is 0.349. The van der Waals surface area contributed by atoms with Crippen molar-refractivity contribution in [3.63, 3.8) is 0 Å². The second-order valence-electron chi connectivity index (χ2n) is 3.68. The zero-order valence-electron chi connectivity index (χ0n) is 8.80. The van der Waals surface area contributed by atoms with Gasteiger partial charge < -0.3 is 10.8 Å². The first kappa shape index (κ1) is 11.0. The van der Waals surface area contributed by atoms with Crippen molar-refractivity contribution in [2.45, 2.75) is 19.4 Å². The minimum atomic E-state index is -0.972. The summed E-state index contributed by atoms with van der Waals surface area (Å²) in [6, 6.07) is 4.90. The minimum absolute atomic E-state index is 0.349. The van der Waals surface area contributed by atoms with Gasteiger partial charge in [0.2, 0.25) is 0 Å². The molecule has 1 unspecified atom stereocenters. The third-order valence-electron chi connectivity index (χ3n) is 2.33. The number of aryl methyl sites for hydroxylation is 1. The Kier molecular flexibility index (Phi) is 2.89. The number of fused-ring (bicyclic) bond motifs is 1. The number of carboxylic acid groups (broad SMARTS) is 1. The second kappa shape index (κ2) is 4.19. The standard InChI is InChI=1S/C11H12N2O2S/c1-6-13-9-3-2-7(5-10(9)16-6)4-8(12)11(14)15/h2-3,5,8H,4,12H2,1H3,(H,14,15). The van der Waals surface area contributed by atoms with Gasteiger partial charge in [0.25, 0.3) is 0 Å². The Balaban J connectivity index is 2.28. The lowest BCUT2D eigenvalue weighted by Crippen LogP contribution is -2.32. The van der Waals surface area contributed by atoms with Gasteiger partial charge in [-0.05, 0) is 31.0 Å². The highest BCUT2D eigenvalue weighted by Crippen LogP contribution is 2.22. The van der Waals surface area contributed by atoms with Gasteiger partial charge in [-0.3, -0.25) is 4.79 Å². The van der Waals surface area contributed by atoms with Crippen LogP contribution >= 0.6 is 11.3 Å². The number of aromatic nitrogens is 1.